The molecule has 0 aromatic heterocycles. The summed E-state index contributed by atoms with van der Waals surface area (Å²) in [5.74, 6) is 0.268. The van der Waals surface area contributed by atoms with Crippen LogP contribution in [0.4, 0.5) is 5.69 Å². The van der Waals surface area contributed by atoms with Crippen molar-refractivity contribution in [2.75, 3.05) is 18.4 Å². The van der Waals surface area contributed by atoms with Gasteiger partial charge in [-0.1, -0.05) is 13.8 Å². The van der Waals surface area contributed by atoms with Crippen molar-refractivity contribution in [3.05, 3.63) is 29.3 Å². The van der Waals surface area contributed by atoms with Crippen molar-refractivity contribution in [2.24, 2.45) is 11.7 Å². The van der Waals surface area contributed by atoms with Crippen LogP contribution in [0.2, 0.25) is 0 Å². The van der Waals surface area contributed by atoms with Crippen molar-refractivity contribution >= 4 is 17.5 Å². The minimum atomic E-state index is -0.0900. The van der Waals surface area contributed by atoms with E-state index >= 15 is 0 Å². The van der Waals surface area contributed by atoms with Gasteiger partial charge in [-0.05, 0) is 49.6 Å². The van der Waals surface area contributed by atoms with Crippen molar-refractivity contribution in [3.63, 3.8) is 0 Å². The Balaban J connectivity index is 2.67. The number of hydrogen-bond acceptors (Lipinski definition) is 3. The molecule has 1 aromatic rings. The molecule has 2 amide bonds. The van der Waals surface area contributed by atoms with Gasteiger partial charge < -0.3 is 16.4 Å². The van der Waals surface area contributed by atoms with Crippen LogP contribution in [0.3, 0.4) is 0 Å². The van der Waals surface area contributed by atoms with Gasteiger partial charge in [0.2, 0.25) is 5.91 Å². The average Bonchev–Trinajstić information content (AvgIpc) is 2.44. The molecule has 0 radical (unpaired) electrons. The van der Waals surface area contributed by atoms with E-state index < -0.39 is 0 Å². The van der Waals surface area contributed by atoms with E-state index in [-0.39, 0.29) is 11.8 Å². The van der Waals surface area contributed by atoms with Crippen LogP contribution >= 0.6 is 0 Å². The number of hydrogen-bond donors (Lipinski definition) is 3. The number of amides is 2. The quantitative estimate of drug-likeness (QED) is 0.719. The zero-order valence-corrected chi connectivity index (χ0v) is 13.0. The molecule has 5 heteroatoms. The smallest absolute Gasteiger partial charge is 0.251 e. The van der Waals surface area contributed by atoms with E-state index in [9.17, 15) is 9.59 Å². The predicted octanol–water partition coefficient (Wildman–Crippen LogP) is 2.06. The van der Waals surface area contributed by atoms with Crippen LogP contribution in [0, 0.1) is 12.8 Å². The highest BCUT2D eigenvalue weighted by Crippen LogP contribution is 2.17. The zero-order chi connectivity index (χ0) is 15.8. The molecule has 0 aliphatic rings. The molecule has 0 aliphatic heterocycles. The van der Waals surface area contributed by atoms with Gasteiger partial charge in [0, 0.05) is 24.2 Å². The second-order valence-corrected chi connectivity index (χ2v) is 5.57. The fourth-order valence-electron chi connectivity index (χ4n) is 1.82. The third-order valence-corrected chi connectivity index (χ3v) is 3.04. The van der Waals surface area contributed by atoms with E-state index in [1.165, 1.54) is 0 Å². The molecule has 0 aliphatic carbocycles. The SMILES string of the molecule is Cc1cc(C(=O)NCC(C)C)ccc1NC(=O)CCCN. The molecule has 1 rings (SSSR count). The lowest BCUT2D eigenvalue weighted by Crippen LogP contribution is -2.27. The van der Waals surface area contributed by atoms with Gasteiger partial charge in [-0.25, -0.2) is 0 Å². The molecule has 0 spiro atoms. The molecule has 116 valence electrons. The third-order valence-electron chi connectivity index (χ3n) is 3.04. The summed E-state index contributed by atoms with van der Waals surface area (Å²) in [5.41, 5.74) is 7.59. The summed E-state index contributed by atoms with van der Waals surface area (Å²) in [6.45, 7) is 7.12. The molecular weight excluding hydrogens is 266 g/mol. The van der Waals surface area contributed by atoms with Crippen LogP contribution in [0.15, 0.2) is 18.2 Å². The Morgan fingerprint density at radius 1 is 1.29 bits per heavy atom. The minimum Gasteiger partial charge on any atom is -0.352 e. The van der Waals surface area contributed by atoms with E-state index in [4.69, 9.17) is 5.73 Å². The van der Waals surface area contributed by atoms with E-state index in [0.29, 0.717) is 37.4 Å². The van der Waals surface area contributed by atoms with Crippen LogP contribution in [0.5, 0.6) is 0 Å². The van der Waals surface area contributed by atoms with Gasteiger partial charge in [0.1, 0.15) is 0 Å². The van der Waals surface area contributed by atoms with Gasteiger partial charge in [-0.3, -0.25) is 9.59 Å². The third kappa shape index (κ3) is 5.95. The molecule has 5 nitrogen and oxygen atoms in total. The van der Waals surface area contributed by atoms with E-state index in [1.807, 2.05) is 20.8 Å². The van der Waals surface area contributed by atoms with Crippen LogP contribution in [0.1, 0.15) is 42.6 Å². The van der Waals surface area contributed by atoms with Crippen molar-refractivity contribution < 1.29 is 9.59 Å². The molecule has 0 saturated carbocycles. The van der Waals surface area contributed by atoms with Crippen molar-refractivity contribution in [3.8, 4) is 0 Å². The van der Waals surface area contributed by atoms with Crippen LogP contribution < -0.4 is 16.4 Å². The molecule has 0 atom stereocenters. The second kappa shape index (κ2) is 8.42. The molecular formula is C16H25N3O2. The Kier molecular flexibility index (Phi) is 6.88. The number of carbonyl (C=O) groups is 2. The average molecular weight is 291 g/mol. The monoisotopic (exact) mass is 291 g/mol. The number of benzene rings is 1. The maximum atomic E-state index is 12.0. The van der Waals surface area contributed by atoms with Gasteiger partial charge in [0.25, 0.3) is 5.91 Å². The first-order valence-corrected chi connectivity index (χ1v) is 7.32. The lowest BCUT2D eigenvalue weighted by molar-refractivity contribution is -0.116. The summed E-state index contributed by atoms with van der Waals surface area (Å²) in [4.78, 5) is 23.6. The Bertz CT molecular complexity index is 498. The molecule has 0 saturated heterocycles. The topological polar surface area (TPSA) is 84.2 Å². The van der Waals surface area contributed by atoms with Gasteiger partial charge in [-0.2, -0.15) is 0 Å². The Morgan fingerprint density at radius 2 is 2.00 bits per heavy atom. The number of carbonyl (C=O) groups excluding carboxylic acids is 2. The normalized spacial score (nSPS) is 10.5. The molecule has 0 heterocycles. The Labute approximate surface area is 126 Å². The fraction of sp³-hybridized carbons (Fsp3) is 0.500. The molecule has 4 N–H and O–H groups in total. The van der Waals surface area contributed by atoms with Gasteiger partial charge in [0.05, 0.1) is 0 Å². The van der Waals surface area contributed by atoms with Crippen LogP contribution in [-0.4, -0.2) is 24.9 Å². The first-order valence-electron chi connectivity index (χ1n) is 7.32. The summed E-state index contributed by atoms with van der Waals surface area (Å²) in [6, 6.07) is 5.27. The van der Waals surface area contributed by atoms with Gasteiger partial charge >= 0.3 is 0 Å². The van der Waals surface area contributed by atoms with Crippen molar-refractivity contribution in [2.45, 2.75) is 33.6 Å². The van der Waals surface area contributed by atoms with Crippen LogP contribution in [0.25, 0.3) is 0 Å². The predicted molar refractivity (Wildman–Crippen MR) is 85.3 cm³/mol. The lowest BCUT2D eigenvalue weighted by Gasteiger charge is -2.11. The van der Waals surface area contributed by atoms with Crippen molar-refractivity contribution in [1.29, 1.82) is 0 Å². The highest BCUT2D eigenvalue weighted by molar-refractivity contribution is 5.96. The zero-order valence-electron chi connectivity index (χ0n) is 13.0. The van der Waals surface area contributed by atoms with Crippen molar-refractivity contribution in [1.82, 2.24) is 5.32 Å². The van der Waals surface area contributed by atoms with E-state index in [0.717, 1.165) is 11.3 Å². The summed E-state index contributed by atoms with van der Waals surface area (Å²) in [6.07, 6.45) is 1.08. The van der Waals surface area contributed by atoms with Crippen LogP contribution in [-0.2, 0) is 4.79 Å². The summed E-state index contributed by atoms with van der Waals surface area (Å²) in [7, 11) is 0. The van der Waals surface area contributed by atoms with Gasteiger partial charge in [-0.15, -0.1) is 0 Å². The van der Waals surface area contributed by atoms with Gasteiger partial charge in [0.15, 0.2) is 0 Å². The Hall–Kier alpha value is -1.88. The molecule has 21 heavy (non-hydrogen) atoms. The highest BCUT2D eigenvalue weighted by Gasteiger charge is 2.09. The lowest BCUT2D eigenvalue weighted by atomic mass is 10.1. The largest absolute Gasteiger partial charge is 0.352 e. The maximum Gasteiger partial charge on any atom is 0.251 e. The van der Waals surface area contributed by atoms with E-state index in [2.05, 4.69) is 10.6 Å². The number of aryl methyl sites for hydroxylation is 1. The number of rotatable bonds is 7. The fourth-order valence-corrected chi connectivity index (χ4v) is 1.82. The minimum absolute atomic E-state index is 0.0550. The standard InChI is InChI=1S/C16H25N3O2/c1-11(2)10-18-16(21)13-6-7-14(12(3)9-13)19-15(20)5-4-8-17/h6-7,9,11H,4-5,8,10,17H2,1-3H3,(H,18,21)(H,19,20). The number of anilines is 1. The second-order valence-electron chi connectivity index (χ2n) is 5.57. The number of nitrogens with one attached hydrogen (secondary N) is 2. The maximum absolute atomic E-state index is 12.0. The Morgan fingerprint density at radius 3 is 2.57 bits per heavy atom. The number of nitrogens with two attached hydrogens (primary N) is 1. The highest BCUT2D eigenvalue weighted by atomic mass is 16.2. The first-order chi connectivity index (χ1) is 9.93. The molecule has 1 aromatic carbocycles. The molecule has 0 bridgehead atoms. The molecule has 0 fully saturated rings. The summed E-state index contributed by atoms with van der Waals surface area (Å²) >= 11 is 0. The summed E-state index contributed by atoms with van der Waals surface area (Å²) < 4.78 is 0. The summed E-state index contributed by atoms with van der Waals surface area (Å²) in [5, 5.41) is 5.71. The first kappa shape index (κ1) is 17.2. The van der Waals surface area contributed by atoms with E-state index in [1.54, 1.807) is 18.2 Å². The molecule has 0 unspecified atom stereocenters.